The van der Waals surface area contributed by atoms with Gasteiger partial charge in [0.25, 0.3) is 0 Å². The lowest BCUT2D eigenvalue weighted by molar-refractivity contribution is 0.491. The second kappa shape index (κ2) is 9.40. The summed E-state index contributed by atoms with van der Waals surface area (Å²) in [6.07, 6.45) is 3.57. The van der Waals surface area contributed by atoms with Crippen LogP contribution in [0.15, 0.2) is 64.6 Å². The monoisotopic (exact) mass is 479 g/mol. The van der Waals surface area contributed by atoms with Crippen LogP contribution in [0.3, 0.4) is 0 Å². The number of aromatic nitrogens is 2. The first-order valence-corrected chi connectivity index (χ1v) is 12.5. The highest BCUT2D eigenvalue weighted by Gasteiger charge is 2.22. The Balaban J connectivity index is 1.50. The van der Waals surface area contributed by atoms with Crippen molar-refractivity contribution in [1.82, 2.24) is 14.7 Å². The Bertz CT molecular complexity index is 1300. The zero-order chi connectivity index (χ0) is 24.3. The van der Waals surface area contributed by atoms with Crippen molar-refractivity contribution in [2.24, 2.45) is 4.99 Å². The molecule has 0 atom stereocenters. The van der Waals surface area contributed by atoms with Crippen molar-refractivity contribution in [3.63, 3.8) is 0 Å². The second-order valence-corrected chi connectivity index (χ2v) is 10.8. The Morgan fingerprint density at radius 1 is 1.00 bits per heavy atom. The van der Waals surface area contributed by atoms with Gasteiger partial charge < -0.3 is 15.5 Å². The number of aryl methyl sites for hydroxylation is 1. The van der Waals surface area contributed by atoms with Gasteiger partial charge in [-0.15, -0.1) is 0 Å². The molecule has 1 aliphatic rings. The van der Waals surface area contributed by atoms with Crippen LogP contribution in [0.1, 0.15) is 26.3 Å². The normalized spacial score (nSPS) is 13.8. The number of benzene rings is 2. The van der Waals surface area contributed by atoms with Crippen LogP contribution in [-0.2, 0) is 10.0 Å². The van der Waals surface area contributed by atoms with Gasteiger partial charge in [-0.25, -0.2) is 18.1 Å². The van der Waals surface area contributed by atoms with E-state index in [1.807, 2.05) is 37.5 Å². The number of hydrogen-bond acceptors (Lipinski definition) is 8. The fourth-order valence-corrected chi connectivity index (χ4v) is 4.87. The fourth-order valence-electron chi connectivity index (χ4n) is 3.41. The second-order valence-electron chi connectivity index (χ2n) is 9.12. The Morgan fingerprint density at radius 2 is 1.76 bits per heavy atom. The van der Waals surface area contributed by atoms with Crippen molar-refractivity contribution in [3.05, 3.63) is 60.3 Å². The van der Waals surface area contributed by atoms with Gasteiger partial charge in [0, 0.05) is 40.9 Å². The molecule has 0 radical (unpaired) electrons. The molecule has 2 heterocycles. The Hall–Kier alpha value is -3.50. The van der Waals surface area contributed by atoms with Crippen molar-refractivity contribution in [3.8, 4) is 0 Å². The van der Waals surface area contributed by atoms with E-state index in [1.165, 1.54) is 0 Å². The van der Waals surface area contributed by atoms with Crippen molar-refractivity contribution >= 4 is 45.2 Å². The molecule has 0 bridgehead atoms. The van der Waals surface area contributed by atoms with Crippen molar-refractivity contribution in [1.29, 1.82) is 0 Å². The van der Waals surface area contributed by atoms with Crippen molar-refractivity contribution < 1.29 is 8.42 Å². The molecule has 4 rings (SSSR count). The zero-order valence-electron chi connectivity index (χ0n) is 19.7. The van der Waals surface area contributed by atoms with E-state index in [9.17, 15) is 8.42 Å². The maximum absolute atomic E-state index is 12.7. The third-order valence-corrected chi connectivity index (χ3v) is 6.72. The van der Waals surface area contributed by atoms with E-state index >= 15 is 0 Å². The molecule has 10 heteroatoms. The molecule has 3 aromatic rings. The molecule has 0 fully saturated rings. The van der Waals surface area contributed by atoms with Crippen LogP contribution in [0.2, 0.25) is 0 Å². The molecule has 9 nitrogen and oxygen atoms in total. The van der Waals surface area contributed by atoms with Crippen molar-refractivity contribution in [2.75, 3.05) is 28.6 Å². The summed E-state index contributed by atoms with van der Waals surface area (Å²) in [5, 5.41) is 6.43. The maximum atomic E-state index is 12.7. The van der Waals surface area contributed by atoms with Gasteiger partial charge in [0.2, 0.25) is 16.0 Å². The zero-order valence-corrected chi connectivity index (χ0v) is 20.5. The van der Waals surface area contributed by atoms with Crippen LogP contribution in [0, 0.1) is 6.92 Å². The smallest absolute Gasteiger partial charge is 0.241 e. The van der Waals surface area contributed by atoms with Crippen LogP contribution in [0.25, 0.3) is 0 Å². The average Bonchev–Trinajstić information content (AvgIpc) is 3.30. The maximum Gasteiger partial charge on any atom is 0.241 e. The molecule has 3 N–H and O–H groups in total. The van der Waals surface area contributed by atoms with Gasteiger partial charge in [-0.3, -0.25) is 4.99 Å². The minimum absolute atomic E-state index is 0.181. The lowest BCUT2D eigenvalue weighted by Crippen LogP contribution is -2.40. The first kappa shape index (κ1) is 23.7. The van der Waals surface area contributed by atoms with Gasteiger partial charge in [-0.05, 0) is 70.2 Å². The summed E-state index contributed by atoms with van der Waals surface area (Å²) in [5.41, 5.74) is 2.80. The fraction of sp³-hybridized carbons (Fsp3) is 0.292. The predicted octanol–water partition coefficient (Wildman–Crippen LogP) is 4.20. The van der Waals surface area contributed by atoms with Crippen LogP contribution >= 0.6 is 0 Å². The van der Waals surface area contributed by atoms with Gasteiger partial charge in [0.1, 0.15) is 5.82 Å². The van der Waals surface area contributed by atoms with E-state index in [1.54, 1.807) is 51.2 Å². The highest BCUT2D eigenvalue weighted by Crippen LogP contribution is 2.24. The summed E-state index contributed by atoms with van der Waals surface area (Å²) in [4.78, 5) is 15.5. The number of anilines is 5. The summed E-state index contributed by atoms with van der Waals surface area (Å²) in [5.74, 6) is 1.02. The van der Waals surface area contributed by atoms with E-state index in [4.69, 9.17) is 0 Å². The number of nitrogens with zero attached hydrogens (tertiary/aromatic N) is 4. The third-order valence-electron chi connectivity index (χ3n) is 4.97. The third kappa shape index (κ3) is 5.89. The molecule has 0 aliphatic carbocycles. The SMILES string of the molecule is Cc1cnc(Nc2ccc(N3C=NCC3)cc2)nc1Nc1cccc(S(=O)(=O)NC(C)(C)C)c1. The first-order chi connectivity index (χ1) is 16.1. The lowest BCUT2D eigenvalue weighted by Gasteiger charge is -2.20. The highest BCUT2D eigenvalue weighted by atomic mass is 32.2. The van der Waals surface area contributed by atoms with E-state index in [-0.39, 0.29) is 4.90 Å². The Labute approximate surface area is 200 Å². The Morgan fingerprint density at radius 3 is 2.44 bits per heavy atom. The minimum Gasteiger partial charge on any atom is -0.340 e. The predicted molar refractivity (Wildman–Crippen MR) is 137 cm³/mol. The number of aliphatic imine (C=N–C) groups is 1. The van der Waals surface area contributed by atoms with Crippen molar-refractivity contribution in [2.45, 2.75) is 38.1 Å². The summed E-state index contributed by atoms with van der Waals surface area (Å²) in [7, 11) is -3.65. The molecule has 178 valence electrons. The molecule has 0 spiro atoms. The summed E-state index contributed by atoms with van der Waals surface area (Å²) < 4.78 is 28.1. The van der Waals surface area contributed by atoms with Gasteiger partial charge in [0.15, 0.2) is 0 Å². The quantitative estimate of drug-likeness (QED) is 0.466. The molecule has 0 saturated heterocycles. The summed E-state index contributed by atoms with van der Waals surface area (Å²) in [6, 6.07) is 14.6. The largest absolute Gasteiger partial charge is 0.340 e. The number of rotatable bonds is 7. The van der Waals surface area contributed by atoms with Gasteiger partial charge in [-0.1, -0.05) is 6.07 Å². The van der Waals surface area contributed by atoms with Gasteiger partial charge in [0.05, 0.1) is 17.8 Å². The molecule has 0 saturated carbocycles. The molecule has 0 unspecified atom stereocenters. The average molecular weight is 480 g/mol. The van der Waals surface area contributed by atoms with E-state index in [0.717, 1.165) is 30.0 Å². The summed E-state index contributed by atoms with van der Waals surface area (Å²) in [6.45, 7) is 9.01. The standard InChI is InChI=1S/C24H29N7O2S/c1-17-15-26-23(28-18-8-10-20(11-9-18)31-13-12-25-16-31)29-22(17)27-19-6-5-7-21(14-19)34(32,33)30-24(2,3)4/h5-11,14-16,30H,12-13H2,1-4H3,(H2,26,27,28,29). The molecule has 1 aliphatic heterocycles. The van der Waals surface area contributed by atoms with Crippen LogP contribution < -0.4 is 20.3 Å². The number of nitrogens with one attached hydrogen (secondary N) is 3. The minimum atomic E-state index is -3.65. The van der Waals surface area contributed by atoms with Gasteiger partial charge in [-0.2, -0.15) is 4.98 Å². The van der Waals surface area contributed by atoms with Gasteiger partial charge >= 0.3 is 0 Å². The molecule has 2 aromatic carbocycles. The molecule has 0 amide bonds. The Kier molecular flexibility index (Phi) is 6.54. The summed E-state index contributed by atoms with van der Waals surface area (Å²) >= 11 is 0. The number of sulfonamides is 1. The van der Waals surface area contributed by atoms with Crippen LogP contribution in [0.5, 0.6) is 0 Å². The molecular weight excluding hydrogens is 450 g/mol. The molecule has 34 heavy (non-hydrogen) atoms. The molecule has 1 aromatic heterocycles. The topological polar surface area (TPSA) is 112 Å². The van der Waals surface area contributed by atoms with E-state index < -0.39 is 15.6 Å². The van der Waals surface area contributed by atoms with E-state index in [0.29, 0.717) is 17.5 Å². The molecular formula is C24H29N7O2S. The lowest BCUT2D eigenvalue weighted by atomic mass is 10.1. The highest BCUT2D eigenvalue weighted by molar-refractivity contribution is 7.89. The first-order valence-electron chi connectivity index (χ1n) is 11.0. The number of hydrogen-bond donors (Lipinski definition) is 3. The van der Waals surface area contributed by atoms with E-state index in [2.05, 4.69) is 35.2 Å². The van der Waals surface area contributed by atoms with Crippen LogP contribution in [0.4, 0.5) is 28.8 Å². The van der Waals surface area contributed by atoms with Crippen LogP contribution in [-0.4, -0.2) is 43.4 Å².